The van der Waals surface area contributed by atoms with E-state index in [1.54, 1.807) is 6.92 Å². The Hall–Kier alpha value is -2.95. The molecule has 0 aromatic carbocycles. The van der Waals surface area contributed by atoms with Crippen LogP contribution in [0.3, 0.4) is 0 Å². The number of carbonyl (C=O) groups is 4. The van der Waals surface area contributed by atoms with Gasteiger partial charge in [-0.1, -0.05) is 20.3 Å². The van der Waals surface area contributed by atoms with Gasteiger partial charge in [-0.2, -0.15) is 0 Å². The van der Waals surface area contributed by atoms with E-state index in [1.807, 2.05) is 6.92 Å². The van der Waals surface area contributed by atoms with Gasteiger partial charge in [0.25, 0.3) is 0 Å². The summed E-state index contributed by atoms with van der Waals surface area (Å²) in [5.41, 5.74) is 5.76. The van der Waals surface area contributed by atoms with Crippen molar-refractivity contribution in [2.45, 2.75) is 51.7 Å². The fourth-order valence-corrected chi connectivity index (χ4v) is 2.42. The average Bonchev–Trinajstić information content (AvgIpc) is 3.17. The zero-order valence-corrected chi connectivity index (χ0v) is 16.2. The Balaban J connectivity index is 2.84. The monoisotopic (exact) mass is 396 g/mol. The van der Waals surface area contributed by atoms with Gasteiger partial charge in [-0.25, -0.2) is 9.78 Å². The van der Waals surface area contributed by atoms with E-state index in [1.165, 1.54) is 19.4 Å². The minimum atomic E-state index is -1.21. The van der Waals surface area contributed by atoms with Gasteiger partial charge < -0.3 is 31.8 Å². The number of imidazole rings is 1. The van der Waals surface area contributed by atoms with E-state index in [4.69, 9.17) is 5.73 Å². The molecule has 11 nitrogen and oxygen atoms in total. The predicted octanol–water partition coefficient (Wildman–Crippen LogP) is -1.48. The lowest BCUT2D eigenvalue weighted by atomic mass is 9.97. The zero-order chi connectivity index (χ0) is 21.3. The molecule has 0 spiro atoms. The molecule has 0 aliphatic rings. The molecule has 1 aromatic rings. The number of H-pyrrole nitrogens is 1. The molecule has 4 atom stereocenters. The summed E-state index contributed by atoms with van der Waals surface area (Å²) in [5, 5.41) is 16.8. The van der Waals surface area contributed by atoms with Crippen LogP contribution in [-0.2, 0) is 25.6 Å². The molecule has 0 aliphatic heterocycles. The number of aromatic nitrogens is 2. The highest BCUT2D eigenvalue weighted by Crippen LogP contribution is 2.10. The number of carboxylic acids is 1. The van der Waals surface area contributed by atoms with Crippen molar-refractivity contribution in [3.8, 4) is 0 Å². The Bertz CT molecular complexity index is 678. The first-order valence-electron chi connectivity index (χ1n) is 8.99. The standard InChI is InChI=1S/C17H28N6O5/c1-4-9(2)14(23-15(25)10(3)21-13(24)6-18)16(26)22-12(17(27)28)5-11-7-19-8-20-11/h7-10,12,14H,4-6,18H2,1-3H3,(H,19,20)(H,21,24)(H,22,26)(H,23,25)(H,27,28). The largest absolute Gasteiger partial charge is 0.480 e. The SMILES string of the molecule is CCC(C)C(NC(=O)C(C)NC(=O)CN)C(=O)NC(Cc1cnc[nH]1)C(=O)O. The number of nitrogens with two attached hydrogens (primary N) is 1. The maximum atomic E-state index is 12.7. The Labute approximate surface area is 162 Å². The fourth-order valence-electron chi connectivity index (χ4n) is 2.42. The Morgan fingerprint density at radius 1 is 1.18 bits per heavy atom. The topological polar surface area (TPSA) is 179 Å². The number of amides is 3. The summed E-state index contributed by atoms with van der Waals surface area (Å²) in [6.45, 7) is 4.81. The van der Waals surface area contributed by atoms with Crippen LogP contribution in [-0.4, -0.2) is 63.4 Å². The quantitative estimate of drug-likeness (QED) is 0.264. The maximum Gasteiger partial charge on any atom is 0.326 e. The average molecular weight is 396 g/mol. The number of carbonyl (C=O) groups excluding carboxylic acids is 3. The van der Waals surface area contributed by atoms with Crippen LogP contribution in [0.25, 0.3) is 0 Å². The third kappa shape index (κ3) is 6.99. The molecule has 11 heteroatoms. The highest BCUT2D eigenvalue weighted by molar-refractivity contribution is 5.93. The van der Waals surface area contributed by atoms with Crippen molar-refractivity contribution in [3.05, 3.63) is 18.2 Å². The number of hydrogen-bond donors (Lipinski definition) is 6. The molecule has 28 heavy (non-hydrogen) atoms. The maximum absolute atomic E-state index is 12.7. The number of hydrogen-bond acceptors (Lipinski definition) is 6. The summed E-state index contributed by atoms with van der Waals surface area (Å²) in [4.78, 5) is 54.5. The van der Waals surface area contributed by atoms with Gasteiger partial charge in [0.05, 0.1) is 12.9 Å². The molecule has 1 heterocycles. The van der Waals surface area contributed by atoms with Gasteiger partial charge >= 0.3 is 5.97 Å². The Morgan fingerprint density at radius 2 is 1.86 bits per heavy atom. The van der Waals surface area contributed by atoms with E-state index < -0.39 is 41.8 Å². The number of aromatic amines is 1. The molecule has 3 amide bonds. The summed E-state index contributed by atoms with van der Waals surface area (Å²) in [5.74, 6) is -3.16. The van der Waals surface area contributed by atoms with E-state index in [0.29, 0.717) is 12.1 Å². The van der Waals surface area contributed by atoms with Gasteiger partial charge in [0.1, 0.15) is 18.1 Å². The van der Waals surface area contributed by atoms with Crippen LogP contribution in [0.2, 0.25) is 0 Å². The van der Waals surface area contributed by atoms with Crippen molar-refractivity contribution in [2.75, 3.05) is 6.54 Å². The lowest BCUT2D eigenvalue weighted by Gasteiger charge is -2.26. The van der Waals surface area contributed by atoms with Crippen LogP contribution in [0.15, 0.2) is 12.5 Å². The number of nitrogens with zero attached hydrogens (tertiary/aromatic N) is 1. The second-order valence-corrected chi connectivity index (χ2v) is 6.55. The summed E-state index contributed by atoms with van der Waals surface area (Å²) >= 11 is 0. The van der Waals surface area contributed by atoms with Crippen LogP contribution in [0.5, 0.6) is 0 Å². The smallest absolute Gasteiger partial charge is 0.326 e. The van der Waals surface area contributed by atoms with Crippen LogP contribution < -0.4 is 21.7 Å². The molecule has 156 valence electrons. The predicted molar refractivity (Wildman–Crippen MR) is 99.9 cm³/mol. The lowest BCUT2D eigenvalue weighted by molar-refractivity contribution is -0.142. The first-order chi connectivity index (χ1) is 13.2. The van der Waals surface area contributed by atoms with Crippen LogP contribution in [0.4, 0.5) is 0 Å². The molecule has 0 bridgehead atoms. The van der Waals surface area contributed by atoms with Crippen molar-refractivity contribution in [2.24, 2.45) is 11.7 Å². The van der Waals surface area contributed by atoms with Crippen LogP contribution >= 0.6 is 0 Å². The van der Waals surface area contributed by atoms with Crippen molar-refractivity contribution >= 4 is 23.7 Å². The van der Waals surface area contributed by atoms with E-state index in [0.717, 1.165) is 0 Å². The molecule has 4 unspecified atom stereocenters. The highest BCUT2D eigenvalue weighted by atomic mass is 16.4. The number of nitrogens with one attached hydrogen (secondary N) is 4. The number of rotatable bonds is 11. The fraction of sp³-hybridized carbons (Fsp3) is 0.588. The normalized spacial score (nSPS) is 15.0. The second kappa shape index (κ2) is 11.0. The number of carboxylic acid groups (broad SMARTS) is 1. The van der Waals surface area contributed by atoms with Crippen molar-refractivity contribution < 1.29 is 24.3 Å². The lowest BCUT2D eigenvalue weighted by Crippen LogP contribution is -2.57. The van der Waals surface area contributed by atoms with Crippen molar-refractivity contribution in [3.63, 3.8) is 0 Å². The van der Waals surface area contributed by atoms with E-state index in [2.05, 4.69) is 25.9 Å². The minimum Gasteiger partial charge on any atom is -0.480 e. The summed E-state index contributed by atoms with van der Waals surface area (Å²) in [6, 6.07) is -3.04. The molecule has 0 saturated carbocycles. The molecule has 0 fully saturated rings. The Kier molecular flexibility index (Phi) is 9.09. The van der Waals surface area contributed by atoms with Gasteiger partial charge in [0.15, 0.2) is 0 Å². The zero-order valence-electron chi connectivity index (χ0n) is 16.2. The highest BCUT2D eigenvalue weighted by Gasteiger charge is 2.31. The molecule has 1 rings (SSSR count). The summed E-state index contributed by atoms with van der Waals surface area (Å²) in [7, 11) is 0. The first kappa shape index (κ1) is 23.1. The molecular weight excluding hydrogens is 368 g/mol. The van der Waals surface area contributed by atoms with Crippen LogP contribution in [0, 0.1) is 5.92 Å². The van der Waals surface area contributed by atoms with E-state index >= 15 is 0 Å². The van der Waals surface area contributed by atoms with Gasteiger partial charge in [-0.3, -0.25) is 14.4 Å². The number of aliphatic carboxylic acids is 1. The summed E-state index contributed by atoms with van der Waals surface area (Å²) in [6.07, 6.45) is 3.47. The summed E-state index contributed by atoms with van der Waals surface area (Å²) < 4.78 is 0. The van der Waals surface area contributed by atoms with Crippen molar-refractivity contribution in [1.29, 1.82) is 0 Å². The molecule has 7 N–H and O–H groups in total. The third-order valence-electron chi connectivity index (χ3n) is 4.34. The van der Waals surface area contributed by atoms with E-state index in [-0.39, 0.29) is 18.9 Å². The minimum absolute atomic E-state index is 0.0191. The first-order valence-corrected chi connectivity index (χ1v) is 8.99. The van der Waals surface area contributed by atoms with Crippen LogP contribution in [0.1, 0.15) is 32.9 Å². The van der Waals surface area contributed by atoms with Gasteiger partial charge in [0.2, 0.25) is 17.7 Å². The molecule has 1 aromatic heterocycles. The van der Waals surface area contributed by atoms with Gasteiger partial charge in [-0.05, 0) is 12.8 Å². The van der Waals surface area contributed by atoms with Crippen molar-refractivity contribution in [1.82, 2.24) is 25.9 Å². The molecule has 0 saturated heterocycles. The molecular formula is C17H28N6O5. The Morgan fingerprint density at radius 3 is 2.36 bits per heavy atom. The van der Waals surface area contributed by atoms with E-state index in [9.17, 15) is 24.3 Å². The molecule has 0 aliphatic carbocycles. The second-order valence-electron chi connectivity index (χ2n) is 6.55. The van der Waals surface area contributed by atoms with Gasteiger partial charge in [-0.15, -0.1) is 0 Å². The van der Waals surface area contributed by atoms with Gasteiger partial charge in [0, 0.05) is 18.3 Å². The molecule has 0 radical (unpaired) electrons. The third-order valence-corrected chi connectivity index (χ3v) is 4.34.